The smallest absolute Gasteiger partial charge is 0.149 e. The van der Waals surface area contributed by atoms with Crippen LogP contribution in [0.2, 0.25) is 0 Å². The highest BCUT2D eigenvalue weighted by molar-refractivity contribution is 5.83. The van der Waals surface area contributed by atoms with Crippen LogP contribution in [0.3, 0.4) is 0 Å². The quantitative estimate of drug-likeness (QED) is 0.752. The molecule has 1 saturated heterocycles. The van der Waals surface area contributed by atoms with Crippen LogP contribution in [-0.2, 0) is 9.53 Å². The number of likely N-dealkylation sites (tertiary alicyclic amines) is 1. The third-order valence-corrected chi connectivity index (χ3v) is 4.47. The van der Waals surface area contributed by atoms with Crippen molar-refractivity contribution in [2.45, 2.75) is 45.1 Å². The van der Waals surface area contributed by atoms with Crippen molar-refractivity contribution in [3.63, 3.8) is 0 Å². The number of rotatable bonds is 4. The predicted octanol–water partition coefficient (Wildman–Crippen LogP) is 2.10. The van der Waals surface area contributed by atoms with E-state index in [1.807, 2.05) is 0 Å². The van der Waals surface area contributed by atoms with Gasteiger partial charge >= 0.3 is 0 Å². The maximum Gasteiger partial charge on any atom is 0.149 e. The number of methoxy groups -OCH3 is 1. The second kappa shape index (κ2) is 5.96. The molecule has 0 bridgehead atoms. The molecule has 2 rings (SSSR count). The number of hydrogen-bond donors (Lipinski definition) is 0. The second-order valence-electron chi connectivity index (χ2n) is 5.72. The van der Waals surface area contributed by atoms with Gasteiger partial charge in [-0.3, -0.25) is 9.69 Å². The van der Waals surface area contributed by atoms with Crippen molar-refractivity contribution in [2.24, 2.45) is 11.8 Å². The standard InChI is InChI=1S/C14H25NO2/c1-11-7-8-15(10-14(11)17-2)9-13(16)12-5-3-4-6-12/h11-12,14H,3-10H2,1-2H3. The zero-order valence-corrected chi connectivity index (χ0v) is 11.2. The first-order chi connectivity index (χ1) is 8.20. The van der Waals surface area contributed by atoms with E-state index in [0.29, 0.717) is 30.3 Å². The Bertz CT molecular complexity index is 261. The molecule has 1 saturated carbocycles. The van der Waals surface area contributed by atoms with E-state index in [1.54, 1.807) is 7.11 Å². The van der Waals surface area contributed by atoms with Crippen molar-refractivity contribution >= 4 is 5.78 Å². The Labute approximate surface area is 105 Å². The van der Waals surface area contributed by atoms with Crippen molar-refractivity contribution < 1.29 is 9.53 Å². The summed E-state index contributed by atoms with van der Waals surface area (Å²) in [7, 11) is 1.78. The van der Waals surface area contributed by atoms with Gasteiger partial charge in [-0.25, -0.2) is 0 Å². The molecule has 2 fully saturated rings. The third kappa shape index (κ3) is 3.29. The van der Waals surface area contributed by atoms with E-state index in [4.69, 9.17) is 4.74 Å². The first-order valence-corrected chi connectivity index (χ1v) is 6.98. The number of ketones is 1. The van der Waals surface area contributed by atoms with Crippen LogP contribution in [0.4, 0.5) is 0 Å². The average molecular weight is 239 g/mol. The molecular formula is C14H25NO2. The van der Waals surface area contributed by atoms with E-state index < -0.39 is 0 Å². The normalized spacial score (nSPS) is 31.9. The molecular weight excluding hydrogens is 214 g/mol. The number of carbonyl (C=O) groups excluding carboxylic acids is 1. The van der Waals surface area contributed by atoms with Crippen LogP contribution in [-0.4, -0.2) is 43.5 Å². The van der Waals surface area contributed by atoms with Crippen LogP contribution in [0.25, 0.3) is 0 Å². The lowest BCUT2D eigenvalue weighted by Gasteiger charge is -2.36. The molecule has 1 aliphatic heterocycles. The predicted molar refractivity (Wildman–Crippen MR) is 68.0 cm³/mol. The van der Waals surface area contributed by atoms with E-state index in [1.165, 1.54) is 12.8 Å². The maximum absolute atomic E-state index is 12.1. The summed E-state index contributed by atoms with van der Waals surface area (Å²) in [5.74, 6) is 1.44. The van der Waals surface area contributed by atoms with Crippen molar-refractivity contribution in [3.8, 4) is 0 Å². The molecule has 2 unspecified atom stereocenters. The summed E-state index contributed by atoms with van der Waals surface area (Å²) in [5, 5.41) is 0. The van der Waals surface area contributed by atoms with E-state index in [-0.39, 0.29) is 0 Å². The lowest BCUT2D eigenvalue weighted by Crippen LogP contribution is -2.46. The van der Waals surface area contributed by atoms with E-state index in [2.05, 4.69) is 11.8 Å². The molecule has 0 aromatic heterocycles. The van der Waals surface area contributed by atoms with Crippen LogP contribution in [0.15, 0.2) is 0 Å². The number of ether oxygens (including phenoxy) is 1. The fourth-order valence-corrected chi connectivity index (χ4v) is 3.15. The van der Waals surface area contributed by atoms with Crippen LogP contribution >= 0.6 is 0 Å². The van der Waals surface area contributed by atoms with Crippen molar-refractivity contribution in [1.82, 2.24) is 4.90 Å². The summed E-state index contributed by atoms with van der Waals surface area (Å²) in [6.07, 6.45) is 6.19. The van der Waals surface area contributed by atoms with Gasteiger partial charge in [0.2, 0.25) is 0 Å². The molecule has 1 heterocycles. The van der Waals surface area contributed by atoms with E-state index in [0.717, 1.165) is 32.4 Å². The summed E-state index contributed by atoms with van der Waals surface area (Å²) in [6, 6.07) is 0. The number of Topliss-reactive ketones (excluding diaryl/α,β-unsaturated/α-hetero) is 1. The minimum atomic E-state index is 0.306. The summed E-state index contributed by atoms with van der Waals surface area (Å²) < 4.78 is 5.49. The molecule has 0 amide bonds. The first-order valence-electron chi connectivity index (χ1n) is 6.98. The van der Waals surface area contributed by atoms with Crippen LogP contribution in [0.5, 0.6) is 0 Å². The molecule has 1 aliphatic carbocycles. The average Bonchev–Trinajstić information content (AvgIpc) is 2.85. The fourth-order valence-electron chi connectivity index (χ4n) is 3.15. The van der Waals surface area contributed by atoms with Crippen LogP contribution in [0, 0.1) is 11.8 Å². The number of piperidine rings is 1. The molecule has 3 heteroatoms. The van der Waals surface area contributed by atoms with Crippen molar-refractivity contribution in [3.05, 3.63) is 0 Å². The molecule has 0 aromatic carbocycles. The summed E-state index contributed by atoms with van der Waals surface area (Å²) in [4.78, 5) is 14.4. The Morgan fingerprint density at radius 3 is 2.65 bits per heavy atom. The van der Waals surface area contributed by atoms with Gasteiger partial charge in [0.05, 0.1) is 12.6 Å². The van der Waals surface area contributed by atoms with Gasteiger partial charge in [-0.05, 0) is 31.7 Å². The topological polar surface area (TPSA) is 29.5 Å². The molecule has 2 aliphatic rings. The number of carbonyl (C=O) groups is 1. The lowest BCUT2D eigenvalue weighted by atomic mass is 9.94. The van der Waals surface area contributed by atoms with Crippen molar-refractivity contribution in [1.29, 1.82) is 0 Å². The highest BCUT2D eigenvalue weighted by atomic mass is 16.5. The van der Waals surface area contributed by atoms with Gasteiger partial charge in [0.15, 0.2) is 0 Å². The van der Waals surface area contributed by atoms with Crippen LogP contribution in [0.1, 0.15) is 39.0 Å². The number of hydrogen-bond acceptors (Lipinski definition) is 3. The van der Waals surface area contributed by atoms with Gasteiger partial charge in [0, 0.05) is 19.6 Å². The summed E-state index contributed by atoms with van der Waals surface area (Å²) >= 11 is 0. The van der Waals surface area contributed by atoms with Crippen LogP contribution < -0.4 is 0 Å². The van der Waals surface area contributed by atoms with Gasteiger partial charge in [0.25, 0.3) is 0 Å². The fraction of sp³-hybridized carbons (Fsp3) is 0.929. The van der Waals surface area contributed by atoms with Gasteiger partial charge in [-0.15, -0.1) is 0 Å². The molecule has 98 valence electrons. The molecule has 0 radical (unpaired) electrons. The van der Waals surface area contributed by atoms with Gasteiger partial charge in [-0.2, -0.15) is 0 Å². The molecule has 17 heavy (non-hydrogen) atoms. The first kappa shape index (κ1) is 13.0. The Hall–Kier alpha value is -0.410. The largest absolute Gasteiger partial charge is 0.380 e. The molecule has 3 nitrogen and oxygen atoms in total. The molecule has 0 aromatic rings. The summed E-state index contributed by atoms with van der Waals surface area (Å²) in [6.45, 7) is 4.87. The molecule has 0 N–H and O–H groups in total. The second-order valence-corrected chi connectivity index (χ2v) is 5.72. The Morgan fingerprint density at radius 2 is 2.00 bits per heavy atom. The lowest BCUT2D eigenvalue weighted by molar-refractivity contribution is -0.125. The molecule has 2 atom stereocenters. The molecule has 0 spiro atoms. The van der Waals surface area contributed by atoms with Crippen molar-refractivity contribution in [2.75, 3.05) is 26.7 Å². The Balaban J connectivity index is 1.80. The third-order valence-electron chi connectivity index (χ3n) is 4.47. The zero-order chi connectivity index (χ0) is 12.3. The van der Waals surface area contributed by atoms with E-state index >= 15 is 0 Å². The number of nitrogens with zero attached hydrogens (tertiary/aromatic N) is 1. The highest BCUT2D eigenvalue weighted by Crippen LogP contribution is 2.26. The minimum Gasteiger partial charge on any atom is -0.380 e. The SMILES string of the molecule is COC1CN(CC(=O)C2CCCC2)CCC1C. The maximum atomic E-state index is 12.1. The highest BCUT2D eigenvalue weighted by Gasteiger charge is 2.29. The van der Waals surface area contributed by atoms with Gasteiger partial charge < -0.3 is 4.74 Å². The Kier molecular flexibility index (Phi) is 4.57. The Morgan fingerprint density at radius 1 is 1.29 bits per heavy atom. The zero-order valence-electron chi connectivity index (χ0n) is 11.2. The summed E-state index contributed by atoms with van der Waals surface area (Å²) in [5.41, 5.74) is 0. The van der Waals surface area contributed by atoms with E-state index in [9.17, 15) is 4.79 Å². The van der Waals surface area contributed by atoms with Gasteiger partial charge in [0.1, 0.15) is 5.78 Å². The minimum absolute atomic E-state index is 0.306. The van der Waals surface area contributed by atoms with Gasteiger partial charge in [-0.1, -0.05) is 19.8 Å². The monoisotopic (exact) mass is 239 g/mol.